The number of carbonyl (C=O) groups is 1. The third kappa shape index (κ3) is 1.59. The quantitative estimate of drug-likeness (QED) is 0.530. The summed E-state index contributed by atoms with van der Waals surface area (Å²) in [7, 11) is 0. The molecule has 0 aliphatic heterocycles. The van der Waals surface area contributed by atoms with Crippen LogP contribution in [0.15, 0.2) is 17.1 Å². The first kappa shape index (κ1) is 8.66. The van der Waals surface area contributed by atoms with Crippen LogP contribution in [0.1, 0.15) is 11.8 Å². The Morgan fingerprint density at radius 1 is 1.92 bits per heavy atom. The maximum absolute atomic E-state index is 10.7. The molecular weight excluding hydrogens is 178 g/mol. The summed E-state index contributed by atoms with van der Waals surface area (Å²) < 4.78 is 4.87. The van der Waals surface area contributed by atoms with Gasteiger partial charge >= 0.3 is 0 Å². The lowest BCUT2D eigenvalue weighted by Gasteiger charge is -1.99. The molecule has 0 saturated heterocycles. The second kappa shape index (κ2) is 3.31. The van der Waals surface area contributed by atoms with Gasteiger partial charge in [0.2, 0.25) is 11.8 Å². The van der Waals surface area contributed by atoms with Crippen LogP contribution in [-0.4, -0.2) is 16.1 Å². The van der Waals surface area contributed by atoms with E-state index in [0.29, 0.717) is 0 Å². The molecule has 0 radical (unpaired) electrons. The number of H-pyrrole nitrogens is 1. The number of aromatic amines is 1. The zero-order chi connectivity index (χ0) is 9.14. The highest BCUT2D eigenvalue weighted by Gasteiger charge is 2.18. The number of hydrogen-bond donors (Lipinski definition) is 2. The maximum atomic E-state index is 10.7. The number of carbonyl (C=O) groups excluding carboxylic acids is 1. The van der Waals surface area contributed by atoms with E-state index in [1.165, 1.54) is 6.08 Å². The topological polar surface area (TPSA) is 84.9 Å². The van der Waals surface area contributed by atoms with Crippen molar-refractivity contribution in [2.75, 3.05) is 0 Å². The zero-order valence-corrected chi connectivity index (χ0v) is 6.93. The third-order valence-electron chi connectivity index (χ3n) is 1.26. The molecule has 0 aliphatic carbocycles. The highest BCUT2D eigenvalue weighted by atomic mass is 32.1. The summed E-state index contributed by atoms with van der Waals surface area (Å²) in [6, 6.07) is 0. The summed E-state index contributed by atoms with van der Waals surface area (Å²) >= 11 is 4.62. The van der Waals surface area contributed by atoms with E-state index in [2.05, 4.69) is 29.0 Å². The lowest BCUT2D eigenvalue weighted by atomic mass is 10.1. The van der Waals surface area contributed by atoms with Crippen molar-refractivity contribution in [2.45, 2.75) is 5.92 Å². The summed E-state index contributed by atoms with van der Waals surface area (Å²) in [6.45, 7) is 3.42. The molecule has 6 heteroatoms. The molecule has 1 atom stereocenters. The Morgan fingerprint density at radius 3 is 2.92 bits per heavy atom. The number of nitrogens with two attached hydrogens (primary N) is 1. The lowest BCUT2D eigenvalue weighted by Crippen LogP contribution is -2.19. The van der Waals surface area contributed by atoms with Gasteiger partial charge in [0, 0.05) is 0 Å². The molecule has 64 valence electrons. The van der Waals surface area contributed by atoms with Crippen LogP contribution in [0.4, 0.5) is 0 Å². The second-order valence-corrected chi connectivity index (χ2v) is 2.44. The van der Waals surface area contributed by atoms with Crippen LogP contribution in [0.25, 0.3) is 0 Å². The highest BCUT2D eigenvalue weighted by Crippen LogP contribution is 2.12. The van der Waals surface area contributed by atoms with E-state index in [9.17, 15) is 4.79 Å². The minimum Gasteiger partial charge on any atom is -0.413 e. The number of nitrogens with zero attached hydrogens (tertiary/aromatic N) is 1. The SMILES string of the molecule is C=CC(C(N)=O)c1n[nH]c(=S)o1. The van der Waals surface area contributed by atoms with Crippen LogP contribution in [0.3, 0.4) is 0 Å². The van der Waals surface area contributed by atoms with E-state index < -0.39 is 11.8 Å². The predicted octanol–water partition coefficient (Wildman–Crippen LogP) is 0.487. The lowest BCUT2D eigenvalue weighted by molar-refractivity contribution is -0.118. The monoisotopic (exact) mass is 185 g/mol. The van der Waals surface area contributed by atoms with Gasteiger partial charge in [0.1, 0.15) is 5.92 Å². The van der Waals surface area contributed by atoms with Crippen molar-refractivity contribution in [1.82, 2.24) is 10.2 Å². The molecule has 3 N–H and O–H groups in total. The molecular formula is C6H7N3O2S. The maximum Gasteiger partial charge on any atom is 0.284 e. The van der Waals surface area contributed by atoms with Crippen LogP contribution in [0.2, 0.25) is 0 Å². The smallest absolute Gasteiger partial charge is 0.284 e. The molecule has 1 amide bonds. The van der Waals surface area contributed by atoms with Gasteiger partial charge in [-0.25, -0.2) is 5.10 Å². The molecule has 0 spiro atoms. The second-order valence-electron chi connectivity index (χ2n) is 2.07. The zero-order valence-electron chi connectivity index (χ0n) is 6.11. The molecule has 0 aromatic carbocycles. The number of hydrogen-bond acceptors (Lipinski definition) is 4. The van der Waals surface area contributed by atoms with Gasteiger partial charge < -0.3 is 10.2 Å². The van der Waals surface area contributed by atoms with Gasteiger partial charge in [-0.1, -0.05) is 6.08 Å². The number of aromatic nitrogens is 2. The summed E-state index contributed by atoms with van der Waals surface area (Å²) in [4.78, 5) is 10.9. The Kier molecular flexibility index (Phi) is 2.39. The normalized spacial score (nSPS) is 12.3. The van der Waals surface area contributed by atoms with Gasteiger partial charge in [0.15, 0.2) is 0 Å². The van der Waals surface area contributed by atoms with Crippen LogP contribution < -0.4 is 5.73 Å². The molecule has 0 aliphatic rings. The van der Waals surface area contributed by atoms with Crippen molar-refractivity contribution >= 4 is 18.1 Å². The van der Waals surface area contributed by atoms with Crippen molar-refractivity contribution in [3.63, 3.8) is 0 Å². The number of rotatable bonds is 3. The average Bonchev–Trinajstić information content (AvgIpc) is 2.37. The van der Waals surface area contributed by atoms with Crippen molar-refractivity contribution in [3.8, 4) is 0 Å². The van der Waals surface area contributed by atoms with Crippen molar-refractivity contribution < 1.29 is 9.21 Å². The van der Waals surface area contributed by atoms with Gasteiger partial charge in [-0.15, -0.1) is 11.7 Å². The van der Waals surface area contributed by atoms with E-state index in [-0.39, 0.29) is 10.7 Å². The molecule has 1 aromatic rings. The molecule has 1 rings (SSSR count). The molecule has 0 saturated carbocycles. The van der Waals surface area contributed by atoms with Gasteiger partial charge in [0.05, 0.1) is 0 Å². The standard InChI is InChI=1S/C6H7N3O2S/c1-2-3(4(7)10)5-8-9-6(12)11-5/h2-3H,1H2,(H2,7,10)(H,9,12). The number of nitrogens with one attached hydrogen (secondary N) is 1. The average molecular weight is 185 g/mol. The number of amides is 1. The van der Waals surface area contributed by atoms with Crippen LogP contribution >= 0.6 is 12.2 Å². The minimum absolute atomic E-state index is 0.109. The molecule has 0 bridgehead atoms. The first-order valence-electron chi connectivity index (χ1n) is 3.12. The first-order valence-corrected chi connectivity index (χ1v) is 3.53. The summed E-state index contributed by atoms with van der Waals surface area (Å²) in [5, 5.41) is 6.02. The van der Waals surface area contributed by atoms with E-state index in [1.807, 2.05) is 0 Å². The number of primary amides is 1. The molecule has 1 aromatic heterocycles. The Hall–Kier alpha value is -1.43. The van der Waals surface area contributed by atoms with E-state index in [4.69, 9.17) is 10.2 Å². The largest absolute Gasteiger partial charge is 0.413 e. The van der Waals surface area contributed by atoms with E-state index >= 15 is 0 Å². The van der Waals surface area contributed by atoms with Crippen molar-refractivity contribution in [2.24, 2.45) is 5.73 Å². The Labute approximate surface area is 73.3 Å². The molecule has 1 heterocycles. The summed E-state index contributed by atoms with van der Waals surface area (Å²) in [5.41, 5.74) is 5.03. The van der Waals surface area contributed by atoms with Crippen LogP contribution in [0.5, 0.6) is 0 Å². The van der Waals surface area contributed by atoms with E-state index in [0.717, 1.165) is 0 Å². The first-order chi connectivity index (χ1) is 5.65. The Morgan fingerprint density at radius 2 is 2.58 bits per heavy atom. The van der Waals surface area contributed by atoms with Gasteiger partial charge in [-0.3, -0.25) is 4.79 Å². The predicted molar refractivity (Wildman–Crippen MR) is 43.8 cm³/mol. The fourth-order valence-electron chi connectivity index (χ4n) is 0.713. The summed E-state index contributed by atoms with van der Waals surface area (Å²) in [6.07, 6.45) is 1.34. The van der Waals surface area contributed by atoms with Gasteiger partial charge in [-0.05, 0) is 12.2 Å². The van der Waals surface area contributed by atoms with Crippen LogP contribution in [0, 0.1) is 4.84 Å². The van der Waals surface area contributed by atoms with Gasteiger partial charge in [-0.2, -0.15) is 0 Å². The molecule has 12 heavy (non-hydrogen) atoms. The Balaban J connectivity index is 3.02. The van der Waals surface area contributed by atoms with Crippen LogP contribution in [-0.2, 0) is 4.79 Å². The minimum atomic E-state index is -0.724. The highest BCUT2D eigenvalue weighted by molar-refractivity contribution is 7.71. The fraction of sp³-hybridized carbons (Fsp3) is 0.167. The summed E-state index contributed by atoms with van der Waals surface area (Å²) in [5.74, 6) is -1.16. The fourth-order valence-corrected chi connectivity index (χ4v) is 0.844. The molecule has 5 nitrogen and oxygen atoms in total. The molecule has 0 fully saturated rings. The van der Waals surface area contributed by atoms with Crippen molar-refractivity contribution in [1.29, 1.82) is 0 Å². The third-order valence-corrected chi connectivity index (χ3v) is 1.44. The van der Waals surface area contributed by atoms with E-state index in [1.54, 1.807) is 0 Å². The Bertz CT molecular complexity index is 354. The van der Waals surface area contributed by atoms with Crippen molar-refractivity contribution in [3.05, 3.63) is 23.4 Å². The molecule has 1 unspecified atom stereocenters. The van der Waals surface area contributed by atoms with Gasteiger partial charge in [0.25, 0.3) is 4.84 Å².